The van der Waals surface area contributed by atoms with E-state index < -0.39 is 0 Å². The van der Waals surface area contributed by atoms with Gasteiger partial charge in [-0.25, -0.2) is 9.97 Å². The van der Waals surface area contributed by atoms with Crippen LogP contribution in [0.15, 0.2) is 36.7 Å². The van der Waals surface area contributed by atoms with Gasteiger partial charge in [-0.2, -0.15) is 0 Å². The van der Waals surface area contributed by atoms with Gasteiger partial charge in [0.2, 0.25) is 5.82 Å². The number of rotatable bonds is 2. The number of nitrogens with zero attached hydrogens (tertiary/aromatic N) is 6. The summed E-state index contributed by atoms with van der Waals surface area (Å²) in [5.41, 5.74) is 0.366. The number of morpholine rings is 1. The molecule has 1 saturated heterocycles. The minimum Gasteiger partial charge on any atom is -0.377 e. The Balaban J connectivity index is 1.56. The zero-order valence-corrected chi connectivity index (χ0v) is 16.0. The fourth-order valence-electron chi connectivity index (χ4n) is 3.72. The number of fused-ring (bicyclic) bond motifs is 4. The molecule has 2 atom stereocenters. The molecule has 3 aromatic rings. The monoisotopic (exact) mass is 416 g/mol. The lowest BCUT2D eigenvalue weighted by atomic mass is 10.0. The van der Waals surface area contributed by atoms with Crippen LogP contribution in [0.5, 0.6) is 0 Å². The Kier molecular flexibility index (Phi) is 4.26. The first kappa shape index (κ1) is 17.5. The molecule has 10 heteroatoms. The van der Waals surface area contributed by atoms with Crippen LogP contribution in [0.25, 0.3) is 11.6 Å². The number of carbonyl (C=O) groups excluding carboxylic acids is 1. The summed E-state index contributed by atoms with van der Waals surface area (Å²) in [5.74, 6) is 1.53. The normalized spacial score (nSPS) is 20.7. The predicted octanol–water partition coefficient (Wildman–Crippen LogP) is 2.64. The van der Waals surface area contributed by atoms with Crippen LogP contribution in [-0.4, -0.2) is 54.8 Å². The Labute approximate surface area is 170 Å². The second-order valence-electron chi connectivity index (χ2n) is 6.59. The van der Waals surface area contributed by atoms with Gasteiger partial charge in [-0.05, 0) is 18.2 Å². The van der Waals surface area contributed by atoms with Gasteiger partial charge < -0.3 is 14.2 Å². The van der Waals surface area contributed by atoms with Crippen molar-refractivity contribution in [3.05, 3.63) is 58.1 Å². The maximum absolute atomic E-state index is 13.3. The van der Waals surface area contributed by atoms with E-state index in [1.807, 2.05) is 4.57 Å². The van der Waals surface area contributed by atoms with E-state index in [-0.39, 0.29) is 23.0 Å². The standard InChI is InChI=1S/C18H14Cl2N6O2/c19-12-4-1-3-11(14(12)20)18(27)26-10-7-25-16(13(26)9-28-8-10)23-24-17(25)15-21-5-2-6-22-15/h1-6,10,13H,7-9H2/t10-,13+/m0/s1. The second-order valence-corrected chi connectivity index (χ2v) is 7.37. The molecule has 2 aliphatic heterocycles. The molecule has 8 nitrogen and oxygen atoms in total. The van der Waals surface area contributed by atoms with Crippen LogP contribution < -0.4 is 0 Å². The second kappa shape index (κ2) is 6.80. The third-order valence-electron chi connectivity index (χ3n) is 4.97. The van der Waals surface area contributed by atoms with Crippen molar-refractivity contribution >= 4 is 29.1 Å². The highest BCUT2D eigenvalue weighted by atomic mass is 35.5. The van der Waals surface area contributed by atoms with Gasteiger partial charge >= 0.3 is 0 Å². The van der Waals surface area contributed by atoms with E-state index in [2.05, 4.69) is 20.2 Å². The first-order chi connectivity index (χ1) is 13.6. The highest BCUT2D eigenvalue weighted by Gasteiger charge is 2.44. The van der Waals surface area contributed by atoms with Crippen LogP contribution in [0.1, 0.15) is 22.2 Å². The molecule has 0 N–H and O–H groups in total. The van der Waals surface area contributed by atoms with Gasteiger partial charge in [-0.15, -0.1) is 10.2 Å². The summed E-state index contributed by atoms with van der Waals surface area (Å²) in [6.07, 6.45) is 3.32. The lowest BCUT2D eigenvalue weighted by Gasteiger charge is -2.45. The summed E-state index contributed by atoms with van der Waals surface area (Å²) in [4.78, 5) is 23.6. The molecule has 0 unspecified atom stereocenters. The van der Waals surface area contributed by atoms with Crippen LogP contribution in [-0.2, 0) is 11.3 Å². The molecule has 0 spiro atoms. The van der Waals surface area contributed by atoms with Gasteiger partial charge in [0.15, 0.2) is 11.6 Å². The van der Waals surface area contributed by atoms with Crippen LogP contribution in [0.3, 0.4) is 0 Å². The van der Waals surface area contributed by atoms with Crippen molar-refractivity contribution in [3.63, 3.8) is 0 Å². The van der Waals surface area contributed by atoms with Gasteiger partial charge in [-0.1, -0.05) is 29.3 Å². The van der Waals surface area contributed by atoms with Crippen molar-refractivity contribution in [2.75, 3.05) is 13.2 Å². The molecule has 2 aromatic heterocycles. The zero-order valence-electron chi connectivity index (χ0n) is 14.5. The predicted molar refractivity (Wildman–Crippen MR) is 101 cm³/mol. The largest absolute Gasteiger partial charge is 0.377 e. The molecule has 4 heterocycles. The SMILES string of the molecule is O=C(c1cccc(Cl)c1Cl)N1[C@@H]2COC[C@@H]1c1nnc(-c3ncccn3)n1C2. The maximum atomic E-state index is 13.3. The first-order valence-electron chi connectivity index (χ1n) is 8.70. The topological polar surface area (TPSA) is 86.0 Å². The van der Waals surface area contributed by atoms with Gasteiger partial charge in [-0.3, -0.25) is 4.79 Å². The van der Waals surface area contributed by atoms with E-state index in [1.165, 1.54) is 0 Å². The molecule has 1 aromatic carbocycles. The summed E-state index contributed by atoms with van der Waals surface area (Å²) >= 11 is 12.4. The number of aromatic nitrogens is 5. The molecular formula is C18H14Cl2N6O2. The average molecular weight is 417 g/mol. The van der Waals surface area contributed by atoms with E-state index >= 15 is 0 Å². The molecule has 1 amide bonds. The number of hydrogen-bond donors (Lipinski definition) is 0. The number of amides is 1. The number of benzene rings is 1. The van der Waals surface area contributed by atoms with Crippen molar-refractivity contribution in [2.45, 2.75) is 18.6 Å². The van der Waals surface area contributed by atoms with Gasteiger partial charge in [0, 0.05) is 18.9 Å². The Morgan fingerprint density at radius 3 is 2.75 bits per heavy atom. The van der Waals surface area contributed by atoms with Crippen molar-refractivity contribution in [2.24, 2.45) is 0 Å². The molecule has 2 aliphatic rings. The quantitative estimate of drug-likeness (QED) is 0.637. The minimum absolute atomic E-state index is 0.188. The molecule has 2 bridgehead atoms. The van der Waals surface area contributed by atoms with E-state index in [1.54, 1.807) is 41.6 Å². The van der Waals surface area contributed by atoms with E-state index in [9.17, 15) is 4.79 Å². The molecule has 1 fully saturated rings. The summed E-state index contributed by atoms with van der Waals surface area (Å²) in [7, 11) is 0. The maximum Gasteiger partial charge on any atom is 0.256 e. The molecule has 0 aliphatic carbocycles. The Morgan fingerprint density at radius 1 is 1.11 bits per heavy atom. The number of ether oxygens (including phenoxy) is 1. The van der Waals surface area contributed by atoms with Gasteiger partial charge in [0.25, 0.3) is 5.91 Å². The lowest BCUT2D eigenvalue weighted by molar-refractivity contribution is -0.0569. The molecule has 0 saturated carbocycles. The summed E-state index contributed by atoms with van der Waals surface area (Å²) in [6.45, 7) is 1.22. The zero-order chi connectivity index (χ0) is 19.3. The van der Waals surface area contributed by atoms with Crippen LogP contribution in [0, 0.1) is 0 Å². The summed E-state index contributed by atoms with van der Waals surface area (Å²) in [5, 5.41) is 9.19. The highest BCUT2D eigenvalue weighted by molar-refractivity contribution is 6.43. The van der Waals surface area contributed by atoms with Gasteiger partial charge in [0.05, 0.1) is 34.9 Å². The van der Waals surface area contributed by atoms with E-state index in [0.29, 0.717) is 47.8 Å². The van der Waals surface area contributed by atoms with Crippen molar-refractivity contribution < 1.29 is 9.53 Å². The Hall–Kier alpha value is -2.55. The third-order valence-corrected chi connectivity index (χ3v) is 5.79. The highest BCUT2D eigenvalue weighted by Crippen LogP contribution is 2.37. The van der Waals surface area contributed by atoms with Crippen molar-refractivity contribution in [1.29, 1.82) is 0 Å². The minimum atomic E-state index is -0.375. The fourth-order valence-corrected chi connectivity index (χ4v) is 4.10. The van der Waals surface area contributed by atoms with E-state index in [0.717, 1.165) is 0 Å². The number of halogens is 2. The number of carbonyl (C=O) groups is 1. The molecule has 142 valence electrons. The Morgan fingerprint density at radius 2 is 1.93 bits per heavy atom. The first-order valence-corrected chi connectivity index (χ1v) is 9.45. The fraction of sp³-hybridized carbons (Fsp3) is 0.278. The van der Waals surface area contributed by atoms with Gasteiger partial charge in [0.1, 0.15) is 6.04 Å². The number of hydrogen-bond acceptors (Lipinski definition) is 6. The summed E-state index contributed by atoms with van der Waals surface area (Å²) < 4.78 is 7.68. The van der Waals surface area contributed by atoms with Crippen molar-refractivity contribution in [1.82, 2.24) is 29.6 Å². The molecule has 28 heavy (non-hydrogen) atoms. The third kappa shape index (κ3) is 2.68. The Bertz CT molecular complexity index is 1060. The molecule has 5 rings (SSSR count). The van der Waals surface area contributed by atoms with Crippen LogP contribution in [0.4, 0.5) is 0 Å². The van der Waals surface area contributed by atoms with Crippen LogP contribution in [0.2, 0.25) is 10.0 Å². The average Bonchev–Trinajstić information content (AvgIpc) is 3.13. The van der Waals surface area contributed by atoms with E-state index in [4.69, 9.17) is 27.9 Å². The van der Waals surface area contributed by atoms with Crippen molar-refractivity contribution in [3.8, 4) is 11.6 Å². The molecular weight excluding hydrogens is 403 g/mol. The molecule has 0 radical (unpaired) electrons. The smallest absolute Gasteiger partial charge is 0.256 e. The summed E-state index contributed by atoms with van der Waals surface area (Å²) in [6, 6.07) is 6.23. The lowest BCUT2D eigenvalue weighted by Crippen LogP contribution is -2.56. The van der Waals surface area contributed by atoms with Crippen LogP contribution >= 0.6 is 23.2 Å².